The van der Waals surface area contributed by atoms with Crippen molar-refractivity contribution in [3.8, 4) is 5.69 Å². The summed E-state index contributed by atoms with van der Waals surface area (Å²) in [5.74, 6) is 0.0325. The van der Waals surface area contributed by atoms with Gasteiger partial charge in [-0.2, -0.15) is 5.10 Å². The number of carbonyl (C=O) groups excluding carboxylic acids is 1. The lowest BCUT2D eigenvalue weighted by atomic mass is 10.1. The first-order valence-electron chi connectivity index (χ1n) is 8.13. The number of nitrogens with zero attached hydrogens (tertiary/aromatic N) is 3. The maximum absolute atomic E-state index is 12.1. The molecule has 0 saturated carbocycles. The molecule has 3 aromatic rings. The van der Waals surface area contributed by atoms with Crippen molar-refractivity contribution >= 4 is 5.91 Å². The minimum absolute atomic E-state index is 0.0180. The minimum atomic E-state index is -0.0180. The van der Waals surface area contributed by atoms with E-state index in [9.17, 15) is 4.79 Å². The predicted octanol–water partition coefficient (Wildman–Crippen LogP) is 3.25. The van der Waals surface area contributed by atoms with Crippen LogP contribution in [0.3, 0.4) is 0 Å². The third-order valence-corrected chi connectivity index (χ3v) is 4.00. The summed E-state index contributed by atoms with van der Waals surface area (Å²) in [6.07, 6.45) is 8.19. The minimum Gasteiger partial charge on any atom is -0.350 e. The molecule has 0 bridgehead atoms. The largest absolute Gasteiger partial charge is 0.350 e. The molecule has 5 heteroatoms. The topological polar surface area (TPSA) is 51.9 Å². The van der Waals surface area contributed by atoms with E-state index in [1.54, 1.807) is 10.9 Å². The van der Waals surface area contributed by atoms with E-state index in [1.807, 2.05) is 44.6 Å². The normalized spacial score (nSPS) is 12.1. The second-order valence-corrected chi connectivity index (χ2v) is 6.00. The number of hydrogen-bond acceptors (Lipinski definition) is 2. The van der Waals surface area contributed by atoms with Gasteiger partial charge in [-0.3, -0.25) is 9.48 Å². The van der Waals surface area contributed by atoms with E-state index in [4.69, 9.17) is 0 Å². The Bertz CT molecular complexity index is 787. The maximum Gasteiger partial charge on any atom is 0.222 e. The van der Waals surface area contributed by atoms with Gasteiger partial charge in [0.05, 0.1) is 12.2 Å². The first-order valence-corrected chi connectivity index (χ1v) is 8.13. The Labute approximate surface area is 141 Å². The molecule has 0 aliphatic heterocycles. The first kappa shape index (κ1) is 16.1. The Kier molecular flexibility index (Phi) is 4.79. The molecule has 0 fully saturated rings. The second kappa shape index (κ2) is 7.17. The van der Waals surface area contributed by atoms with Gasteiger partial charge in [-0.05, 0) is 49.2 Å². The van der Waals surface area contributed by atoms with E-state index in [1.165, 1.54) is 0 Å². The van der Waals surface area contributed by atoms with Crippen LogP contribution in [0.25, 0.3) is 5.69 Å². The first-order chi connectivity index (χ1) is 11.6. The molecule has 0 aliphatic carbocycles. The Morgan fingerprint density at radius 1 is 1.21 bits per heavy atom. The fourth-order valence-corrected chi connectivity index (χ4v) is 2.64. The molecule has 0 aliphatic rings. The van der Waals surface area contributed by atoms with Gasteiger partial charge >= 0.3 is 0 Å². The molecule has 0 saturated heterocycles. The summed E-state index contributed by atoms with van der Waals surface area (Å²) in [5.41, 5.74) is 3.30. The molecule has 0 radical (unpaired) electrons. The number of rotatable bonds is 6. The van der Waals surface area contributed by atoms with Gasteiger partial charge in [0.2, 0.25) is 5.91 Å². The van der Waals surface area contributed by atoms with Crippen LogP contribution in [0.4, 0.5) is 0 Å². The van der Waals surface area contributed by atoms with Crippen molar-refractivity contribution in [2.45, 2.75) is 32.9 Å². The quantitative estimate of drug-likeness (QED) is 0.757. The molecular formula is C19H22N4O. The standard InChI is InChI=1S/C19H22N4O/c1-15-13-20-23(14-15)12-9-19(24)21-16(2)17-5-7-18(8-6-17)22-10-3-4-11-22/h3-8,10-11,13-14,16H,9,12H2,1-2H3,(H,21,24). The maximum atomic E-state index is 12.1. The monoisotopic (exact) mass is 322 g/mol. The van der Waals surface area contributed by atoms with E-state index in [2.05, 4.69) is 39.2 Å². The van der Waals surface area contributed by atoms with Crippen LogP contribution < -0.4 is 5.32 Å². The van der Waals surface area contributed by atoms with Crippen LogP contribution >= 0.6 is 0 Å². The molecular weight excluding hydrogens is 300 g/mol. The van der Waals surface area contributed by atoms with Crippen molar-refractivity contribution in [3.05, 3.63) is 72.3 Å². The molecule has 1 amide bonds. The third-order valence-electron chi connectivity index (χ3n) is 4.00. The van der Waals surface area contributed by atoms with Crippen LogP contribution in [-0.4, -0.2) is 20.3 Å². The third kappa shape index (κ3) is 3.93. The number of carbonyl (C=O) groups is 1. The Morgan fingerprint density at radius 2 is 1.92 bits per heavy atom. The van der Waals surface area contributed by atoms with Gasteiger partial charge in [-0.15, -0.1) is 0 Å². The zero-order chi connectivity index (χ0) is 16.9. The lowest BCUT2D eigenvalue weighted by Gasteiger charge is -2.15. The molecule has 5 nitrogen and oxygen atoms in total. The highest BCUT2D eigenvalue weighted by molar-refractivity contribution is 5.76. The van der Waals surface area contributed by atoms with Gasteiger partial charge < -0.3 is 9.88 Å². The van der Waals surface area contributed by atoms with Crippen LogP contribution in [0.15, 0.2) is 61.2 Å². The molecule has 2 heterocycles. The summed E-state index contributed by atoms with van der Waals surface area (Å²) < 4.78 is 3.85. The van der Waals surface area contributed by atoms with Gasteiger partial charge in [0.25, 0.3) is 0 Å². The van der Waals surface area contributed by atoms with Crippen molar-refractivity contribution < 1.29 is 4.79 Å². The van der Waals surface area contributed by atoms with Crippen LogP contribution in [0.2, 0.25) is 0 Å². The number of benzene rings is 1. The molecule has 124 valence electrons. The molecule has 2 aromatic heterocycles. The lowest BCUT2D eigenvalue weighted by molar-refractivity contribution is -0.122. The van der Waals surface area contributed by atoms with Crippen LogP contribution in [0.1, 0.15) is 30.5 Å². The Balaban J connectivity index is 1.54. The van der Waals surface area contributed by atoms with Crippen LogP contribution in [0.5, 0.6) is 0 Å². The smallest absolute Gasteiger partial charge is 0.222 e. The highest BCUT2D eigenvalue weighted by atomic mass is 16.1. The Morgan fingerprint density at radius 3 is 2.54 bits per heavy atom. The zero-order valence-corrected chi connectivity index (χ0v) is 14.0. The van der Waals surface area contributed by atoms with Crippen molar-refractivity contribution in [2.24, 2.45) is 0 Å². The molecule has 24 heavy (non-hydrogen) atoms. The van der Waals surface area contributed by atoms with Crippen molar-refractivity contribution in [1.29, 1.82) is 0 Å². The molecule has 1 unspecified atom stereocenters. The number of nitrogens with one attached hydrogen (secondary N) is 1. The average molecular weight is 322 g/mol. The van der Waals surface area contributed by atoms with E-state index >= 15 is 0 Å². The summed E-state index contributed by atoms with van der Waals surface area (Å²) >= 11 is 0. The number of hydrogen-bond donors (Lipinski definition) is 1. The van der Waals surface area contributed by atoms with E-state index in [0.717, 1.165) is 16.8 Å². The van der Waals surface area contributed by atoms with Crippen molar-refractivity contribution in [1.82, 2.24) is 19.7 Å². The molecule has 1 atom stereocenters. The van der Waals surface area contributed by atoms with Crippen LogP contribution in [0, 0.1) is 6.92 Å². The van der Waals surface area contributed by atoms with Gasteiger partial charge in [-0.25, -0.2) is 0 Å². The molecule has 0 spiro atoms. The van der Waals surface area contributed by atoms with E-state index in [0.29, 0.717) is 13.0 Å². The second-order valence-electron chi connectivity index (χ2n) is 6.00. The molecule has 1 aromatic carbocycles. The highest BCUT2D eigenvalue weighted by Crippen LogP contribution is 2.16. The summed E-state index contributed by atoms with van der Waals surface area (Å²) in [6.45, 7) is 4.59. The fraction of sp³-hybridized carbons (Fsp3) is 0.263. The van der Waals surface area contributed by atoms with Crippen molar-refractivity contribution in [3.63, 3.8) is 0 Å². The van der Waals surface area contributed by atoms with Gasteiger partial charge in [-0.1, -0.05) is 12.1 Å². The lowest BCUT2D eigenvalue weighted by Crippen LogP contribution is -2.27. The number of amides is 1. The SMILES string of the molecule is Cc1cnn(CCC(=O)NC(C)c2ccc(-n3cccc3)cc2)c1. The van der Waals surface area contributed by atoms with Crippen molar-refractivity contribution in [2.75, 3.05) is 0 Å². The van der Waals surface area contributed by atoms with Gasteiger partial charge in [0.15, 0.2) is 0 Å². The van der Waals surface area contributed by atoms with Crippen LogP contribution in [-0.2, 0) is 11.3 Å². The van der Waals surface area contributed by atoms with Gasteiger partial charge in [0, 0.05) is 37.2 Å². The highest BCUT2D eigenvalue weighted by Gasteiger charge is 2.10. The average Bonchev–Trinajstić information content (AvgIpc) is 3.25. The molecule has 1 N–H and O–H groups in total. The number of aromatic nitrogens is 3. The number of aryl methyl sites for hydroxylation is 2. The fourth-order valence-electron chi connectivity index (χ4n) is 2.64. The molecule has 3 rings (SSSR count). The zero-order valence-electron chi connectivity index (χ0n) is 14.0. The van der Waals surface area contributed by atoms with E-state index < -0.39 is 0 Å². The van der Waals surface area contributed by atoms with E-state index in [-0.39, 0.29) is 11.9 Å². The Hall–Kier alpha value is -2.82. The summed E-state index contributed by atoms with van der Waals surface area (Å²) in [5, 5.41) is 7.23. The summed E-state index contributed by atoms with van der Waals surface area (Å²) in [7, 11) is 0. The summed E-state index contributed by atoms with van der Waals surface area (Å²) in [6, 6.07) is 12.2. The van der Waals surface area contributed by atoms with Gasteiger partial charge in [0.1, 0.15) is 0 Å². The predicted molar refractivity (Wildman–Crippen MR) is 93.9 cm³/mol. The summed E-state index contributed by atoms with van der Waals surface area (Å²) in [4.78, 5) is 12.1.